The SMILES string of the molecule is CC(Cc1ccc(N(C)C(=O)N(C)c2ccc(CN(C)C)cc2C=O)cc1)NC(=O)c1c(O)cccc1O. The Morgan fingerprint density at radius 3 is 2.08 bits per heavy atom. The van der Waals surface area contributed by atoms with Gasteiger partial charge in [-0.05, 0) is 75.0 Å². The lowest BCUT2D eigenvalue weighted by Crippen LogP contribution is -2.39. The summed E-state index contributed by atoms with van der Waals surface area (Å²) in [7, 11) is 7.19. The molecule has 1 atom stereocenters. The number of nitrogens with one attached hydrogen (secondary N) is 1. The number of nitrogens with zero attached hydrogens (tertiary/aromatic N) is 3. The molecule has 0 aliphatic heterocycles. The van der Waals surface area contributed by atoms with Crippen LogP contribution in [0.3, 0.4) is 0 Å². The third kappa shape index (κ3) is 6.68. The molecule has 3 aromatic carbocycles. The highest BCUT2D eigenvalue weighted by atomic mass is 16.3. The average Bonchev–Trinajstić information content (AvgIpc) is 2.87. The van der Waals surface area contributed by atoms with E-state index in [9.17, 15) is 24.6 Å². The second-order valence-corrected chi connectivity index (χ2v) is 9.57. The fraction of sp³-hybridized carbons (Fsp3) is 0.276. The van der Waals surface area contributed by atoms with E-state index in [-0.39, 0.29) is 29.1 Å². The van der Waals surface area contributed by atoms with Gasteiger partial charge in [0.2, 0.25) is 0 Å². The average molecular weight is 519 g/mol. The van der Waals surface area contributed by atoms with Crippen LogP contribution in [0.4, 0.5) is 16.2 Å². The van der Waals surface area contributed by atoms with Crippen LogP contribution in [0.15, 0.2) is 60.7 Å². The van der Waals surface area contributed by atoms with Crippen LogP contribution in [0.25, 0.3) is 0 Å². The van der Waals surface area contributed by atoms with E-state index in [0.29, 0.717) is 29.9 Å². The van der Waals surface area contributed by atoms with E-state index >= 15 is 0 Å². The number of phenolic OH excluding ortho intramolecular Hbond substituents is 2. The second kappa shape index (κ2) is 12.2. The van der Waals surface area contributed by atoms with Crippen molar-refractivity contribution in [1.29, 1.82) is 0 Å². The first-order valence-corrected chi connectivity index (χ1v) is 12.2. The molecule has 200 valence electrons. The van der Waals surface area contributed by atoms with Crippen LogP contribution in [0, 0.1) is 0 Å². The van der Waals surface area contributed by atoms with Gasteiger partial charge in [0.05, 0.1) is 5.69 Å². The molecule has 0 saturated carbocycles. The van der Waals surface area contributed by atoms with Crippen LogP contribution in [0.5, 0.6) is 11.5 Å². The van der Waals surface area contributed by atoms with E-state index in [1.807, 2.05) is 56.3 Å². The Morgan fingerprint density at radius 1 is 0.895 bits per heavy atom. The highest BCUT2D eigenvalue weighted by molar-refractivity contribution is 6.05. The Bertz CT molecular complexity index is 1290. The molecule has 0 heterocycles. The fourth-order valence-corrected chi connectivity index (χ4v) is 4.22. The molecule has 3 amide bonds. The molecular formula is C29H34N4O5. The molecule has 3 rings (SSSR count). The van der Waals surface area contributed by atoms with Gasteiger partial charge in [0.15, 0.2) is 6.29 Å². The fourth-order valence-electron chi connectivity index (χ4n) is 4.22. The molecule has 1 unspecified atom stereocenters. The zero-order valence-electron chi connectivity index (χ0n) is 22.3. The van der Waals surface area contributed by atoms with Crippen LogP contribution in [0.1, 0.15) is 38.8 Å². The number of urea groups is 1. The third-order valence-electron chi connectivity index (χ3n) is 6.14. The number of carbonyl (C=O) groups is 3. The van der Waals surface area contributed by atoms with E-state index < -0.39 is 5.91 Å². The number of aromatic hydroxyl groups is 2. The van der Waals surface area contributed by atoms with Crippen molar-refractivity contribution in [1.82, 2.24) is 10.2 Å². The summed E-state index contributed by atoms with van der Waals surface area (Å²) in [4.78, 5) is 42.4. The van der Waals surface area contributed by atoms with Crippen molar-refractivity contribution in [3.63, 3.8) is 0 Å². The number of rotatable bonds is 9. The van der Waals surface area contributed by atoms with Gasteiger partial charge in [0, 0.05) is 37.9 Å². The van der Waals surface area contributed by atoms with Crippen LogP contribution < -0.4 is 15.1 Å². The second-order valence-electron chi connectivity index (χ2n) is 9.57. The molecule has 0 spiro atoms. The van der Waals surface area contributed by atoms with Crippen LogP contribution >= 0.6 is 0 Å². The molecule has 3 aromatic rings. The van der Waals surface area contributed by atoms with Gasteiger partial charge in [0.25, 0.3) is 5.91 Å². The van der Waals surface area contributed by atoms with Crippen LogP contribution in [0.2, 0.25) is 0 Å². The summed E-state index contributed by atoms with van der Waals surface area (Å²) in [6, 6.07) is 16.4. The lowest BCUT2D eigenvalue weighted by atomic mass is 10.1. The molecule has 0 aromatic heterocycles. The summed E-state index contributed by atoms with van der Waals surface area (Å²) in [6.07, 6.45) is 1.26. The zero-order valence-corrected chi connectivity index (χ0v) is 22.3. The minimum Gasteiger partial charge on any atom is -0.507 e. The quantitative estimate of drug-likeness (QED) is 0.369. The van der Waals surface area contributed by atoms with Gasteiger partial charge in [-0.1, -0.05) is 24.3 Å². The van der Waals surface area contributed by atoms with E-state index in [4.69, 9.17) is 0 Å². The maximum atomic E-state index is 13.2. The summed E-state index contributed by atoms with van der Waals surface area (Å²) in [6.45, 7) is 2.51. The van der Waals surface area contributed by atoms with Crippen molar-refractivity contribution in [3.05, 3.63) is 82.9 Å². The normalized spacial score (nSPS) is 11.6. The van der Waals surface area contributed by atoms with E-state index in [0.717, 1.165) is 17.4 Å². The van der Waals surface area contributed by atoms with Crippen molar-refractivity contribution < 1.29 is 24.6 Å². The lowest BCUT2D eigenvalue weighted by Gasteiger charge is -2.26. The van der Waals surface area contributed by atoms with Crippen molar-refractivity contribution >= 4 is 29.6 Å². The van der Waals surface area contributed by atoms with Gasteiger partial charge < -0.3 is 20.4 Å². The number of phenols is 2. The molecule has 0 saturated heterocycles. The van der Waals surface area contributed by atoms with Gasteiger partial charge >= 0.3 is 6.03 Å². The number of amides is 3. The molecule has 0 bridgehead atoms. The van der Waals surface area contributed by atoms with Crippen molar-refractivity contribution in [3.8, 4) is 11.5 Å². The molecule has 9 heteroatoms. The van der Waals surface area contributed by atoms with E-state index in [1.54, 1.807) is 26.2 Å². The summed E-state index contributed by atoms with van der Waals surface area (Å²) in [5, 5.41) is 22.6. The summed E-state index contributed by atoms with van der Waals surface area (Å²) in [5.74, 6) is -1.15. The summed E-state index contributed by atoms with van der Waals surface area (Å²) >= 11 is 0. The number of anilines is 2. The molecule has 0 aliphatic rings. The standard InChI is InChI=1S/C29H34N4O5/c1-19(30-28(37)27-25(35)7-6-8-26(27)36)15-20-9-12-23(13-10-20)32(4)29(38)33(5)24-14-11-21(17-31(2)3)16-22(24)18-34/h6-14,16,18-19,35-36H,15,17H2,1-5H3,(H,30,37). The molecule has 0 radical (unpaired) electrons. The number of hydrogen-bond acceptors (Lipinski definition) is 6. The first kappa shape index (κ1) is 28.2. The number of benzene rings is 3. The Balaban J connectivity index is 1.65. The number of hydrogen-bond donors (Lipinski definition) is 3. The first-order valence-electron chi connectivity index (χ1n) is 12.2. The van der Waals surface area contributed by atoms with Gasteiger partial charge in [-0.2, -0.15) is 0 Å². The Labute approximate surface area is 222 Å². The smallest absolute Gasteiger partial charge is 0.328 e. The van der Waals surface area contributed by atoms with Crippen molar-refractivity contribution in [2.45, 2.75) is 25.9 Å². The molecule has 0 fully saturated rings. The predicted molar refractivity (Wildman–Crippen MR) is 148 cm³/mol. The molecular weight excluding hydrogens is 484 g/mol. The first-order chi connectivity index (χ1) is 18.0. The van der Waals surface area contributed by atoms with E-state index in [2.05, 4.69) is 5.32 Å². The Morgan fingerprint density at radius 2 is 1.50 bits per heavy atom. The van der Waals surface area contributed by atoms with E-state index in [1.165, 1.54) is 28.0 Å². The Kier molecular flexibility index (Phi) is 9.09. The number of carbonyl (C=O) groups excluding carboxylic acids is 3. The Hall–Kier alpha value is -4.37. The lowest BCUT2D eigenvalue weighted by molar-refractivity contribution is 0.0934. The van der Waals surface area contributed by atoms with Crippen LogP contribution in [-0.4, -0.2) is 67.6 Å². The zero-order chi connectivity index (χ0) is 28.0. The highest BCUT2D eigenvalue weighted by Crippen LogP contribution is 2.26. The molecule has 0 aliphatic carbocycles. The monoisotopic (exact) mass is 518 g/mol. The maximum absolute atomic E-state index is 13.2. The topological polar surface area (TPSA) is 113 Å². The van der Waals surface area contributed by atoms with Gasteiger partial charge in [-0.3, -0.25) is 19.4 Å². The summed E-state index contributed by atoms with van der Waals surface area (Å²) < 4.78 is 0. The minimum absolute atomic E-state index is 0.163. The van der Waals surface area contributed by atoms with Gasteiger partial charge in [-0.15, -0.1) is 0 Å². The highest BCUT2D eigenvalue weighted by Gasteiger charge is 2.21. The molecule has 3 N–H and O–H groups in total. The maximum Gasteiger partial charge on any atom is 0.328 e. The van der Waals surface area contributed by atoms with Crippen molar-refractivity contribution in [2.24, 2.45) is 0 Å². The summed E-state index contributed by atoms with van der Waals surface area (Å²) in [5.41, 5.74) is 3.38. The third-order valence-corrected chi connectivity index (χ3v) is 6.14. The minimum atomic E-state index is -0.567. The number of aldehydes is 1. The predicted octanol–water partition coefficient (Wildman–Crippen LogP) is 4.03. The molecule has 9 nitrogen and oxygen atoms in total. The molecule has 38 heavy (non-hydrogen) atoms. The largest absolute Gasteiger partial charge is 0.507 e. The van der Waals surface area contributed by atoms with Crippen LogP contribution in [-0.2, 0) is 13.0 Å². The van der Waals surface area contributed by atoms with Gasteiger partial charge in [0.1, 0.15) is 17.1 Å². The van der Waals surface area contributed by atoms with Crippen molar-refractivity contribution in [2.75, 3.05) is 38.0 Å². The van der Waals surface area contributed by atoms with Gasteiger partial charge in [-0.25, -0.2) is 4.79 Å².